The van der Waals surface area contributed by atoms with Gasteiger partial charge in [0, 0.05) is 52.9 Å². The molecule has 1 aliphatic carbocycles. The molecule has 5 rings (SSSR count). The lowest BCUT2D eigenvalue weighted by molar-refractivity contribution is 0.0303. The Kier molecular flexibility index (Phi) is 3.98. The van der Waals surface area contributed by atoms with Gasteiger partial charge in [-0.25, -0.2) is 9.97 Å². The second-order valence-corrected chi connectivity index (χ2v) is 7.21. The Morgan fingerprint density at radius 1 is 1.33 bits per heavy atom. The first-order valence-corrected chi connectivity index (χ1v) is 9.61. The van der Waals surface area contributed by atoms with Crippen LogP contribution >= 0.6 is 11.3 Å². The number of carbonyl (C=O) groups is 1. The standard InChI is InChI=1S/C20H16N4O2S/c25-20(24-5-7-26-8-6-24)19-23-17(12-27-19)16-11-22-18-15(16)9-14(10-21-18)13-3-1-2-4-13/h1-3,9-12H,5-8H2,(H,21,22). The molecule has 4 heterocycles. The molecule has 2 aliphatic rings. The van der Waals surface area contributed by atoms with Gasteiger partial charge in [-0.2, -0.15) is 0 Å². The maximum Gasteiger partial charge on any atom is 0.283 e. The van der Waals surface area contributed by atoms with Crippen LogP contribution in [0, 0.1) is 0 Å². The molecule has 0 radical (unpaired) electrons. The summed E-state index contributed by atoms with van der Waals surface area (Å²) in [4.78, 5) is 26.8. The Bertz CT molecular complexity index is 1130. The van der Waals surface area contributed by atoms with Crippen molar-refractivity contribution >= 4 is 33.9 Å². The van der Waals surface area contributed by atoms with E-state index >= 15 is 0 Å². The predicted molar refractivity (Wildman–Crippen MR) is 105 cm³/mol. The number of nitrogens with zero attached hydrogens (tertiary/aromatic N) is 3. The number of nitrogens with one attached hydrogen (secondary N) is 1. The lowest BCUT2D eigenvalue weighted by Gasteiger charge is -2.25. The van der Waals surface area contributed by atoms with Crippen LogP contribution in [-0.4, -0.2) is 52.1 Å². The van der Waals surface area contributed by atoms with Crippen LogP contribution in [0.1, 0.15) is 15.4 Å². The van der Waals surface area contributed by atoms with Gasteiger partial charge in [-0.1, -0.05) is 6.08 Å². The highest BCUT2D eigenvalue weighted by atomic mass is 32.1. The van der Waals surface area contributed by atoms with Gasteiger partial charge in [-0.05, 0) is 18.2 Å². The van der Waals surface area contributed by atoms with Crippen molar-refractivity contribution < 1.29 is 9.53 Å². The molecule has 6 nitrogen and oxygen atoms in total. The number of pyridine rings is 1. The maximum absolute atomic E-state index is 12.6. The van der Waals surface area contributed by atoms with Crippen LogP contribution in [0.15, 0.2) is 47.8 Å². The number of aromatic nitrogens is 3. The van der Waals surface area contributed by atoms with Crippen molar-refractivity contribution in [2.24, 2.45) is 0 Å². The topological polar surface area (TPSA) is 71.1 Å². The summed E-state index contributed by atoms with van der Waals surface area (Å²) >= 11 is 1.38. The van der Waals surface area contributed by atoms with Crippen LogP contribution in [0.2, 0.25) is 0 Å². The minimum Gasteiger partial charge on any atom is -0.378 e. The van der Waals surface area contributed by atoms with Crippen LogP contribution in [0.25, 0.3) is 27.9 Å². The van der Waals surface area contributed by atoms with Crippen LogP contribution in [-0.2, 0) is 4.74 Å². The number of morpholine rings is 1. The van der Waals surface area contributed by atoms with E-state index in [0.717, 1.165) is 33.4 Å². The van der Waals surface area contributed by atoms with E-state index in [4.69, 9.17) is 4.74 Å². The first kappa shape index (κ1) is 16.2. The highest BCUT2D eigenvalue weighted by Gasteiger charge is 2.22. The zero-order valence-corrected chi connectivity index (χ0v) is 15.3. The summed E-state index contributed by atoms with van der Waals surface area (Å²) in [5.74, 6) is -0.0282. The van der Waals surface area contributed by atoms with Crippen molar-refractivity contribution in [1.29, 1.82) is 0 Å². The molecule has 0 bridgehead atoms. The molecule has 0 atom stereocenters. The zero-order chi connectivity index (χ0) is 18.2. The quantitative estimate of drug-likeness (QED) is 0.712. The molecule has 0 saturated carbocycles. The smallest absolute Gasteiger partial charge is 0.283 e. The lowest BCUT2D eigenvalue weighted by atomic mass is 10.1. The minimum atomic E-state index is -0.0282. The fourth-order valence-electron chi connectivity index (χ4n) is 3.27. The van der Waals surface area contributed by atoms with Gasteiger partial charge >= 0.3 is 0 Å². The van der Waals surface area contributed by atoms with Gasteiger partial charge < -0.3 is 14.6 Å². The first-order chi connectivity index (χ1) is 13.3. The van der Waals surface area contributed by atoms with Gasteiger partial charge in [0.2, 0.25) is 0 Å². The largest absolute Gasteiger partial charge is 0.378 e. The average molecular weight is 376 g/mol. The summed E-state index contributed by atoms with van der Waals surface area (Å²) in [7, 11) is 0. The Hall–Kier alpha value is -2.99. The molecule has 1 aliphatic heterocycles. The van der Waals surface area contributed by atoms with Gasteiger partial charge in [0.05, 0.1) is 18.9 Å². The fraction of sp³-hybridized carbons (Fsp3) is 0.200. The van der Waals surface area contributed by atoms with Crippen molar-refractivity contribution in [3.05, 3.63) is 58.4 Å². The van der Waals surface area contributed by atoms with Gasteiger partial charge in [0.15, 0.2) is 5.01 Å². The van der Waals surface area contributed by atoms with E-state index < -0.39 is 0 Å². The van der Waals surface area contributed by atoms with E-state index in [1.54, 1.807) is 4.90 Å². The summed E-state index contributed by atoms with van der Waals surface area (Å²) < 4.78 is 5.32. The van der Waals surface area contributed by atoms with Crippen LogP contribution in [0.4, 0.5) is 0 Å². The molecule has 1 N–H and O–H groups in total. The summed E-state index contributed by atoms with van der Waals surface area (Å²) in [6.45, 7) is 2.40. The van der Waals surface area contributed by atoms with Gasteiger partial charge in [-0.3, -0.25) is 4.79 Å². The Labute approximate surface area is 159 Å². The summed E-state index contributed by atoms with van der Waals surface area (Å²) in [5.41, 5.74) is 7.75. The lowest BCUT2D eigenvalue weighted by Crippen LogP contribution is -2.40. The Morgan fingerprint density at radius 2 is 2.22 bits per heavy atom. The highest BCUT2D eigenvalue weighted by Crippen LogP contribution is 2.31. The molecule has 3 aromatic heterocycles. The Morgan fingerprint density at radius 3 is 3.04 bits per heavy atom. The number of H-pyrrole nitrogens is 1. The number of rotatable bonds is 3. The molecule has 7 heteroatoms. The number of carbonyl (C=O) groups excluding carboxylic acids is 1. The molecular formula is C20H16N4O2S. The SMILES string of the molecule is O=C(c1nc(-c2c[nH]c3ncc(C4=C=CC=C4)cc23)cs1)N1CCOCC1. The number of thiazole rings is 1. The highest BCUT2D eigenvalue weighted by molar-refractivity contribution is 7.12. The predicted octanol–water partition coefficient (Wildman–Crippen LogP) is 3.27. The number of amides is 1. The van der Waals surface area contributed by atoms with Crippen LogP contribution in [0.3, 0.4) is 0 Å². The second-order valence-electron chi connectivity index (χ2n) is 6.35. The van der Waals surface area contributed by atoms with E-state index in [-0.39, 0.29) is 5.91 Å². The van der Waals surface area contributed by atoms with E-state index in [1.807, 2.05) is 36.0 Å². The number of ether oxygens (including phenoxy) is 1. The van der Waals surface area contributed by atoms with Gasteiger partial charge in [0.1, 0.15) is 5.65 Å². The zero-order valence-electron chi connectivity index (χ0n) is 14.4. The fourth-order valence-corrected chi connectivity index (χ4v) is 4.05. The Balaban J connectivity index is 1.49. The summed E-state index contributed by atoms with van der Waals surface area (Å²) in [5, 5.41) is 3.42. The molecule has 0 unspecified atom stereocenters. The van der Waals surface area contributed by atoms with Crippen LogP contribution < -0.4 is 0 Å². The third kappa shape index (κ3) is 2.92. The van der Waals surface area contributed by atoms with E-state index in [9.17, 15) is 4.79 Å². The van der Waals surface area contributed by atoms with Crippen molar-refractivity contribution in [3.63, 3.8) is 0 Å². The minimum absolute atomic E-state index is 0.0282. The molecule has 1 saturated heterocycles. The summed E-state index contributed by atoms with van der Waals surface area (Å²) in [6, 6.07) is 2.09. The average Bonchev–Trinajstić information content (AvgIpc) is 3.47. The number of hydrogen-bond donors (Lipinski definition) is 1. The molecule has 134 valence electrons. The van der Waals surface area contributed by atoms with Crippen molar-refractivity contribution in [2.45, 2.75) is 0 Å². The second kappa shape index (κ2) is 6.63. The first-order valence-electron chi connectivity index (χ1n) is 8.73. The van der Waals surface area contributed by atoms with Crippen molar-refractivity contribution in [3.8, 4) is 11.3 Å². The monoisotopic (exact) mass is 376 g/mol. The van der Waals surface area contributed by atoms with Crippen molar-refractivity contribution in [1.82, 2.24) is 19.9 Å². The molecule has 0 aromatic carbocycles. The molecule has 1 amide bonds. The molecule has 0 spiro atoms. The third-order valence-electron chi connectivity index (χ3n) is 4.70. The molecule has 1 fully saturated rings. The van der Waals surface area contributed by atoms with Crippen LogP contribution in [0.5, 0.6) is 0 Å². The van der Waals surface area contributed by atoms with E-state index in [0.29, 0.717) is 31.3 Å². The number of aromatic amines is 1. The molecule has 27 heavy (non-hydrogen) atoms. The van der Waals surface area contributed by atoms with Gasteiger partial charge in [0.25, 0.3) is 5.91 Å². The van der Waals surface area contributed by atoms with Gasteiger partial charge in [-0.15, -0.1) is 17.1 Å². The van der Waals surface area contributed by atoms with E-state index in [2.05, 4.69) is 26.7 Å². The molecular weight excluding hydrogens is 360 g/mol. The van der Waals surface area contributed by atoms with Crippen molar-refractivity contribution in [2.75, 3.05) is 26.3 Å². The normalized spacial score (nSPS) is 16.3. The maximum atomic E-state index is 12.6. The molecule has 3 aromatic rings. The summed E-state index contributed by atoms with van der Waals surface area (Å²) in [6.07, 6.45) is 9.59. The number of fused-ring (bicyclic) bond motifs is 1. The van der Waals surface area contributed by atoms with E-state index in [1.165, 1.54) is 11.3 Å². The number of hydrogen-bond acceptors (Lipinski definition) is 5. The third-order valence-corrected chi connectivity index (χ3v) is 5.53. The number of allylic oxidation sites excluding steroid dienone is 3.